The third kappa shape index (κ3) is 6.23. The number of rotatable bonds is 6. The van der Waals surface area contributed by atoms with Crippen LogP contribution in [0.5, 0.6) is 0 Å². The molecule has 0 fully saturated rings. The van der Waals surface area contributed by atoms with Crippen molar-refractivity contribution in [1.82, 2.24) is 0 Å². The highest BCUT2D eigenvalue weighted by Gasteiger charge is 2.09. The van der Waals surface area contributed by atoms with Crippen molar-refractivity contribution in [3.8, 4) is 78.9 Å². The molecule has 0 heterocycles. The van der Waals surface area contributed by atoms with Crippen LogP contribution in [0.4, 0.5) is 0 Å². The Morgan fingerprint density at radius 3 is 1.28 bits per heavy atom. The van der Waals surface area contributed by atoms with Crippen molar-refractivity contribution in [2.45, 2.75) is 6.92 Å². The van der Waals surface area contributed by atoms with Gasteiger partial charge in [-0.3, -0.25) is 0 Å². The fourth-order valence-corrected chi connectivity index (χ4v) is 6.11. The highest BCUT2D eigenvalue weighted by molar-refractivity contribution is 5.80. The fourth-order valence-electron chi connectivity index (χ4n) is 6.11. The molecule has 0 bridgehead atoms. The maximum Gasteiger partial charge on any atom is 0.0998 e. The van der Waals surface area contributed by atoms with Gasteiger partial charge in [-0.15, -0.1) is 0 Å². The second-order valence-corrected chi connectivity index (χ2v) is 11.8. The van der Waals surface area contributed by atoms with E-state index >= 15 is 0 Å². The summed E-state index contributed by atoms with van der Waals surface area (Å²) in [6.45, 7) is 2.01. The third-order valence-corrected chi connectivity index (χ3v) is 8.60. The number of aryl methyl sites for hydroxylation is 1. The SMILES string of the molecule is Cc1ccc(-c2ccc(-c3cccc(-c4cccc(-c5ccc(-c6cc(C#N)cc(-c7ccccc7)c6)cc5)c4)c3)cc2)c(C#N)c1. The second kappa shape index (κ2) is 12.9. The largest absolute Gasteiger partial charge is 0.192 e. The van der Waals surface area contributed by atoms with E-state index in [1.165, 1.54) is 0 Å². The van der Waals surface area contributed by atoms with Gasteiger partial charge in [-0.05, 0) is 116 Å². The molecule has 7 aromatic carbocycles. The molecule has 0 aliphatic rings. The molecule has 0 aromatic heterocycles. The summed E-state index contributed by atoms with van der Waals surface area (Å²) in [6.07, 6.45) is 0. The van der Waals surface area contributed by atoms with Gasteiger partial charge >= 0.3 is 0 Å². The highest BCUT2D eigenvalue weighted by atomic mass is 14.3. The molecule has 7 aromatic rings. The van der Waals surface area contributed by atoms with Crippen molar-refractivity contribution < 1.29 is 0 Å². The number of benzene rings is 7. The van der Waals surface area contributed by atoms with Crippen LogP contribution < -0.4 is 0 Å². The van der Waals surface area contributed by atoms with Crippen molar-refractivity contribution in [2.75, 3.05) is 0 Å². The molecule has 7 rings (SSSR count). The number of hydrogen-bond acceptors (Lipinski definition) is 2. The lowest BCUT2D eigenvalue weighted by molar-refractivity contribution is 1.42. The summed E-state index contributed by atoms with van der Waals surface area (Å²) in [5.74, 6) is 0. The molecule has 0 atom stereocenters. The Balaban J connectivity index is 1.14. The van der Waals surface area contributed by atoms with Crippen LogP contribution in [0.25, 0.3) is 66.8 Å². The molecule has 0 aliphatic carbocycles. The lowest BCUT2D eigenvalue weighted by Gasteiger charge is -2.11. The van der Waals surface area contributed by atoms with E-state index in [0.29, 0.717) is 11.1 Å². The Morgan fingerprint density at radius 2 is 0.766 bits per heavy atom. The Hall–Kier alpha value is -6.48. The predicted molar refractivity (Wildman–Crippen MR) is 193 cm³/mol. The normalized spacial score (nSPS) is 10.6. The van der Waals surface area contributed by atoms with Crippen LogP contribution in [-0.2, 0) is 0 Å². The van der Waals surface area contributed by atoms with Gasteiger partial charge in [-0.2, -0.15) is 10.5 Å². The molecule has 0 N–H and O–H groups in total. The number of hydrogen-bond donors (Lipinski definition) is 0. The zero-order valence-electron chi connectivity index (χ0n) is 26.0. The molecule has 0 amide bonds. The van der Waals surface area contributed by atoms with Gasteiger partial charge in [-0.25, -0.2) is 0 Å². The van der Waals surface area contributed by atoms with E-state index in [4.69, 9.17) is 0 Å². The van der Waals surface area contributed by atoms with Crippen molar-refractivity contribution in [3.63, 3.8) is 0 Å². The smallest absolute Gasteiger partial charge is 0.0998 e. The van der Waals surface area contributed by atoms with E-state index < -0.39 is 0 Å². The van der Waals surface area contributed by atoms with Crippen molar-refractivity contribution in [2.24, 2.45) is 0 Å². The van der Waals surface area contributed by atoms with Crippen LogP contribution in [0, 0.1) is 29.6 Å². The molecule has 2 nitrogen and oxygen atoms in total. The fraction of sp³-hybridized carbons (Fsp3) is 0.0222. The maximum atomic E-state index is 9.69. The molecule has 0 aliphatic heterocycles. The minimum atomic E-state index is 0.649. The summed E-state index contributed by atoms with van der Waals surface area (Å²) in [7, 11) is 0. The van der Waals surface area contributed by atoms with Gasteiger partial charge in [0.15, 0.2) is 0 Å². The second-order valence-electron chi connectivity index (χ2n) is 11.8. The summed E-state index contributed by atoms with van der Waals surface area (Å²) in [4.78, 5) is 0. The van der Waals surface area contributed by atoms with Crippen LogP contribution in [0.2, 0.25) is 0 Å². The highest BCUT2D eigenvalue weighted by Crippen LogP contribution is 2.33. The molecular weight excluding hydrogens is 569 g/mol. The lowest BCUT2D eigenvalue weighted by Crippen LogP contribution is -1.87. The topological polar surface area (TPSA) is 47.6 Å². The van der Waals surface area contributed by atoms with E-state index in [1.807, 2.05) is 55.5 Å². The van der Waals surface area contributed by atoms with E-state index in [1.54, 1.807) is 0 Å². The first-order valence-electron chi connectivity index (χ1n) is 15.6. The Labute approximate surface area is 276 Å². The van der Waals surface area contributed by atoms with E-state index in [2.05, 4.69) is 127 Å². The van der Waals surface area contributed by atoms with Gasteiger partial charge < -0.3 is 0 Å². The summed E-state index contributed by atoms with van der Waals surface area (Å²) in [5.41, 5.74) is 15.5. The van der Waals surface area contributed by atoms with Crippen LogP contribution in [0.1, 0.15) is 16.7 Å². The molecule has 2 heteroatoms. The first kappa shape index (κ1) is 29.2. The molecular formula is C45H30N2. The van der Waals surface area contributed by atoms with Crippen molar-refractivity contribution in [1.29, 1.82) is 10.5 Å². The first-order valence-corrected chi connectivity index (χ1v) is 15.6. The Kier molecular flexibility index (Phi) is 8.00. The summed E-state index contributed by atoms with van der Waals surface area (Å²) in [5, 5.41) is 19.3. The first-order chi connectivity index (χ1) is 23.1. The van der Waals surface area contributed by atoms with Crippen LogP contribution in [-0.4, -0.2) is 0 Å². The van der Waals surface area contributed by atoms with Crippen molar-refractivity contribution >= 4 is 0 Å². The summed E-state index contributed by atoms with van der Waals surface area (Å²) in [6, 6.07) is 61.2. The zero-order chi connectivity index (χ0) is 32.2. The van der Waals surface area contributed by atoms with E-state index in [9.17, 15) is 10.5 Å². The zero-order valence-corrected chi connectivity index (χ0v) is 26.0. The Bertz CT molecular complexity index is 2300. The van der Waals surface area contributed by atoms with Crippen LogP contribution in [0.15, 0.2) is 164 Å². The van der Waals surface area contributed by atoms with Gasteiger partial charge in [0.1, 0.15) is 0 Å². The van der Waals surface area contributed by atoms with Crippen LogP contribution in [0.3, 0.4) is 0 Å². The summed E-state index contributed by atoms with van der Waals surface area (Å²) < 4.78 is 0. The monoisotopic (exact) mass is 598 g/mol. The molecule has 0 radical (unpaired) electrons. The quantitative estimate of drug-likeness (QED) is 0.191. The van der Waals surface area contributed by atoms with Gasteiger partial charge in [-0.1, -0.05) is 127 Å². The molecule has 0 spiro atoms. The number of nitrogens with zero attached hydrogens (tertiary/aromatic N) is 2. The standard InChI is InChI=1S/C45H30N2/c1-31-13-22-45(44(23-31)30-47)37-20-18-35(19-21-37)39-10-6-12-41(27-39)40-11-5-9-38(26-40)34-14-16-36(17-15-34)43-25-32(29-46)24-42(28-43)33-7-3-2-4-8-33/h2-28H,1H3. The molecule has 47 heavy (non-hydrogen) atoms. The van der Waals surface area contributed by atoms with Gasteiger partial charge in [0, 0.05) is 0 Å². The number of nitriles is 2. The van der Waals surface area contributed by atoms with Gasteiger partial charge in [0.25, 0.3) is 0 Å². The van der Waals surface area contributed by atoms with Gasteiger partial charge in [0.2, 0.25) is 0 Å². The predicted octanol–water partition coefficient (Wildman–Crippen LogP) is 11.7. The van der Waals surface area contributed by atoms with Crippen molar-refractivity contribution in [3.05, 3.63) is 180 Å². The van der Waals surface area contributed by atoms with Gasteiger partial charge in [0.05, 0.1) is 23.3 Å². The van der Waals surface area contributed by atoms with E-state index in [-0.39, 0.29) is 0 Å². The summed E-state index contributed by atoms with van der Waals surface area (Å²) >= 11 is 0. The molecule has 0 saturated carbocycles. The molecule has 0 saturated heterocycles. The lowest BCUT2D eigenvalue weighted by atomic mass is 9.93. The minimum Gasteiger partial charge on any atom is -0.192 e. The Morgan fingerprint density at radius 1 is 0.340 bits per heavy atom. The molecule has 220 valence electrons. The maximum absolute atomic E-state index is 9.69. The van der Waals surface area contributed by atoms with Crippen LogP contribution >= 0.6 is 0 Å². The minimum absolute atomic E-state index is 0.649. The third-order valence-electron chi connectivity index (χ3n) is 8.60. The van der Waals surface area contributed by atoms with E-state index in [0.717, 1.165) is 72.3 Å². The average molecular weight is 599 g/mol. The average Bonchev–Trinajstić information content (AvgIpc) is 3.15. The molecule has 0 unspecified atom stereocenters.